The molecule has 1 heterocycles. The van der Waals surface area contributed by atoms with Crippen LogP contribution in [0.25, 0.3) is 0 Å². The van der Waals surface area contributed by atoms with Crippen molar-refractivity contribution in [3.8, 4) is 0 Å². The Morgan fingerprint density at radius 3 is 2.37 bits per heavy atom. The van der Waals surface area contributed by atoms with Crippen molar-refractivity contribution in [1.82, 2.24) is 9.80 Å². The molecule has 1 fully saturated rings. The van der Waals surface area contributed by atoms with Gasteiger partial charge in [0.2, 0.25) is 11.8 Å². The molecule has 1 saturated heterocycles. The lowest BCUT2D eigenvalue weighted by Crippen LogP contribution is -2.42. The second kappa shape index (κ2) is 8.15. The normalized spacial score (nSPS) is 15.7. The largest absolute Gasteiger partial charge is 0.378 e. The SMILES string of the molecule is CC(=O)N(CCC(=O)N1CCOCC1)CCC(C)C. The van der Waals surface area contributed by atoms with Gasteiger partial charge in [-0.25, -0.2) is 0 Å². The Hall–Kier alpha value is -1.10. The van der Waals surface area contributed by atoms with Crippen LogP contribution in [0.2, 0.25) is 0 Å². The summed E-state index contributed by atoms with van der Waals surface area (Å²) in [6, 6.07) is 0. The predicted molar refractivity (Wildman–Crippen MR) is 73.7 cm³/mol. The fourth-order valence-corrected chi connectivity index (χ4v) is 2.04. The van der Waals surface area contributed by atoms with Crippen molar-refractivity contribution in [2.75, 3.05) is 39.4 Å². The molecule has 0 atom stereocenters. The summed E-state index contributed by atoms with van der Waals surface area (Å²) in [6.07, 6.45) is 1.39. The lowest BCUT2D eigenvalue weighted by molar-refractivity contribution is -0.136. The number of morpholine rings is 1. The lowest BCUT2D eigenvalue weighted by Gasteiger charge is -2.28. The van der Waals surface area contributed by atoms with Gasteiger partial charge in [-0.1, -0.05) is 13.8 Å². The lowest BCUT2D eigenvalue weighted by atomic mass is 10.1. The van der Waals surface area contributed by atoms with E-state index in [0.29, 0.717) is 45.2 Å². The highest BCUT2D eigenvalue weighted by Gasteiger charge is 2.18. The summed E-state index contributed by atoms with van der Waals surface area (Å²) in [4.78, 5) is 27.1. The first-order valence-corrected chi connectivity index (χ1v) is 7.11. The summed E-state index contributed by atoms with van der Waals surface area (Å²) in [5, 5.41) is 0. The topological polar surface area (TPSA) is 49.9 Å². The molecule has 0 aromatic rings. The second-order valence-electron chi connectivity index (χ2n) is 5.43. The van der Waals surface area contributed by atoms with Crippen LogP contribution in [0.1, 0.15) is 33.6 Å². The molecule has 19 heavy (non-hydrogen) atoms. The Bertz CT molecular complexity index is 299. The van der Waals surface area contributed by atoms with E-state index in [-0.39, 0.29) is 11.8 Å². The first-order valence-electron chi connectivity index (χ1n) is 7.11. The number of carbonyl (C=O) groups is 2. The molecule has 0 aromatic carbocycles. The van der Waals surface area contributed by atoms with Gasteiger partial charge in [-0.2, -0.15) is 0 Å². The summed E-state index contributed by atoms with van der Waals surface area (Å²) < 4.78 is 5.22. The zero-order chi connectivity index (χ0) is 14.3. The zero-order valence-corrected chi connectivity index (χ0v) is 12.4. The molecule has 0 aliphatic carbocycles. The van der Waals surface area contributed by atoms with Gasteiger partial charge in [0.25, 0.3) is 0 Å². The van der Waals surface area contributed by atoms with E-state index in [0.717, 1.165) is 13.0 Å². The summed E-state index contributed by atoms with van der Waals surface area (Å²) in [6.45, 7) is 9.69. The molecule has 1 aliphatic heterocycles. The molecule has 0 N–H and O–H groups in total. The standard InChI is InChI=1S/C14H26N2O3/c1-12(2)4-6-15(13(3)17)7-5-14(18)16-8-10-19-11-9-16/h12H,4-11H2,1-3H3. The van der Waals surface area contributed by atoms with E-state index < -0.39 is 0 Å². The van der Waals surface area contributed by atoms with Crippen LogP contribution in [-0.2, 0) is 14.3 Å². The molecule has 0 spiro atoms. The van der Waals surface area contributed by atoms with E-state index in [9.17, 15) is 9.59 Å². The highest BCUT2D eigenvalue weighted by molar-refractivity contribution is 5.78. The summed E-state index contributed by atoms with van der Waals surface area (Å²) >= 11 is 0. The molecule has 5 nitrogen and oxygen atoms in total. The van der Waals surface area contributed by atoms with Crippen molar-refractivity contribution in [2.45, 2.75) is 33.6 Å². The van der Waals surface area contributed by atoms with Crippen LogP contribution in [-0.4, -0.2) is 61.0 Å². The van der Waals surface area contributed by atoms with Gasteiger partial charge in [0.1, 0.15) is 0 Å². The maximum atomic E-state index is 12.0. The van der Waals surface area contributed by atoms with Crippen molar-refractivity contribution >= 4 is 11.8 Å². The quantitative estimate of drug-likeness (QED) is 0.727. The summed E-state index contributed by atoms with van der Waals surface area (Å²) in [7, 11) is 0. The number of ether oxygens (including phenoxy) is 1. The smallest absolute Gasteiger partial charge is 0.224 e. The highest BCUT2D eigenvalue weighted by atomic mass is 16.5. The van der Waals surface area contributed by atoms with Crippen LogP contribution in [0.15, 0.2) is 0 Å². The third-order valence-electron chi connectivity index (χ3n) is 3.38. The molecule has 110 valence electrons. The Morgan fingerprint density at radius 2 is 1.84 bits per heavy atom. The van der Waals surface area contributed by atoms with Crippen LogP contribution in [0.5, 0.6) is 0 Å². The number of rotatable bonds is 6. The maximum Gasteiger partial charge on any atom is 0.224 e. The van der Waals surface area contributed by atoms with Gasteiger partial charge in [0, 0.05) is 39.5 Å². The van der Waals surface area contributed by atoms with Crippen LogP contribution in [0.4, 0.5) is 0 Å². The van der Waals surface area contributed by atoms with Gasteiger partial charge in [0.05, 0.1) is 13.2 Å². The number of hydrogen-bond donors (Lipinski definition) is 0. The molecule has 0 unspecified atom stereocenters. The van der Waals surface area contributed by atoms with Crippen molar-refractivity contribution in [3.63, 3.8) is 0 Å². The first-order chi connectivity index (χ1) is 9.00. The summed E-state index contributed by atoms with van der Waals surface area (Å²) in [5.74, 6) is 0.742. The molecule has 0 aromatic heterocycles. The van der Waals surface area contributed by atoms with E-state index in [1.54, 1.807) is 11.8 Å². The minimum absolute atomic E-state index is 0.0513. The third-order valence-corrected chi connectivity index (χ3v) is 3.38. The van der Waals surface area contributed by atoms with Gasteiger partial charge in [-0.15, -0.1) is 0 Å². The van der Waals surface area contributed by atoms with Crippen molar-refractivity contribution in [2.24, 2.45) is 5.92 Å². The molecule has 1 rings (SSSR count). The summed E-state index contributed by atoms with van der Waals surface area (Å²) in [5.41, 5.74) is 0. The molecule has 0 bridgehead atoms. The molecule has 0 saturated carbocycles. The van der Waals surface area contributed by atoms with Gasteiger partial charge in [0.15, 0.2) is 0 Å². The Morgan fingerprint density at radius 1 is 1.21 bits per heavy atom. The average Bonchev–Trinajstić information content (AvgIpc) is 2.38. The van der Waals surface area contributed by atoms with Gasteiger partial charge >= 0.3 is 0 Å². The van der Waals surface area contributed by atoms with Gasteiger partial charge in [-0.05, 0) is 12.3 Å². The van der Waals surface area contributed by atoms with Crippen molar-refractivity contribution in [1.29, 1.82) is 0 Å². The first kappa shape index (κ1) is 16.0. The van der Waals surface area contributed by atoms with E-state index in [1.807, 2.05) is 4.90 Å². The van der Waals surface area contributed by atoms with Crippen LogP contribution >= 0.6 is 0 Å². The number of hydrogen-bond acceptors (Lipinski definition) is 3. The molecular weight excluding hydrogens is 244 g/mol. The van der Waals surface area contributed by atoms with Crippen molar-refractivity contribution < 1.29 is 14.3 Å². The Kier molecular flexibility index (Phi) is 6.84. The van der Waals surface area contributed by atoms with Gasteiger partial charge < -0.3 is 14.5 Å². The molecular formula is C14H26N2O3. The monoisotopic (exact) mass is 270 g/mol. The second-order valence-corrected chi connectivity index (χ2v) is 5.43. The fraction of sp³-hybridized carbons (Fsp3) is 0.857. The zero-order valence-electron chi connectivity index (χ0n) is 12.4. The Labute approximate surface area is 115 Å². The number of carbonyl (C=O) groups excluding carboxylic acids is 2. The molecule has 2 amide bonds. The Balaban J connectivity index is 2.33. The van der Waals surface area contributed by atoms with Crippen LogP contribution in [0.3, 0.4) is 0 Å². The number of amides is 2. The minimum atomic E-state index is 0.0513. The minimum Gasteiger partial charge on any atom is -0.378 e. The maximum absolute atomic E-state index is 12.0. The van der Waals surface area contributed by atoms with Crippen molar-refractivity contribution in [3.05, 3.63) is 0 Å². The molecule has 1 aliphatic rings. The molecule has 0 radical (unpaired) electrons. The predicted octanol–water partition coefficient (Wildman–Crippen LogP) is 1.13. The van der Waals surface area contributed by atoms with E-state index in [2.05, 4.69) is 13.8 Å². The fourth-order valence-electron chi connectivity index (χ4n) is 2.04. The highest BCUT2D eigenvalue weighted by Crippen LogP contribution is 2.05. The van der Waals surface area contributed by atoms with E-state index in [1.165, 1.54) is 0 Å². The van der Waals surface area contributed by atoms with Crippen LogP contribution in [0, 0.1) is 5.92 Å². The van der Waals surface area contributed by atoms with Gasteiger partial charge in [-0.3, -0.25) is 9.59 Å². The average molecular weight is 270 g/mol. The van der Waals surface area contributed by atoms with E-state index >= 15 is 0 Å². The van der Waals surface area contributed by atoms with E-state index in [4.69, 9.17) is 4.74 Å². The van der Waals surface area contributed by atoms with Crippen LogP contribution < -0.4 is 0 Å². The number of nitrogens with zero attached hydrogens (tertiary/aromatic N) is 2. The molecule has 5 heteroatoms. The third kappa shape index (κ3) is 6.05.